The van der Waals surface area contributed by atoms with Crippen molar-refractivity contribution in [2.75, 3.05) is 27.7 Å². The van der Waals surface area contributed by atoms with E-state index in [1.807, 2.05) is 20.8 Å². The summed E-state index contributed by atoms with van der Waals surface area (Å²) < 4.78 is 4.84. The predicted molar refractivity (Wildman–Crippen MR) is 109 cm³/mol. The molecule has 4 amide bonds. The van der Waals surface area contributed by atoms with Crippen molar-refractivity contribution in [2.45, 2.75) is 46.1 Å². The van der Waals surface area contributed by atoms with Crippen molar-refractivity contribution in [3.8, 4) is 0 Å². The number of alkyl carbamates (subject to hydrolysis) is 1. The van der Waals surface area contributed by atoms with Gasteiger partial charge in [-0.2, -0.15) is 0 Å². The first kappa shape index (κ1) is 31.6. The van der Waals surface area contributed by atoms with Crippen LogP contribution in [0.5, 0.6) is 0 Å². The van der Waals surface area contributed by atoms with Gasteiger partial charge in [0, 0.05) is 26.9 Å². The second-order valence-electron chi connectivity index (χ2n) is 6.29. The third kappa shape index (κ3) is 21.2. The number of allylic oxidation sites excluding steroid dienone is 1. The molecule has 0 atom stereocenters. The highest BCUT2D eigenvalue weighted by molar-refractivity contribution is 5.95. The summed E-state index contributed by atoms with van der Waals surface area (Å²) in [7, 11) is 4.44. The van der Waals surface area contributed by atoms with Crippen molar-refractivity contribution < 1.29 is 38.3 Å². The van der Waals surface area contributed by atoms with Crippen LogP contribution in [0, 0.1) is 0 Å². The van der Waals surface area contributed by atoms with Crippen molar-refractivity contribution >= 4 is 36.9 Å². The number of carbonyl (C=O) groups excluding carboxylic acids is 6. The van der Waals surface area contributed by atoms with Gasteiger partial charge in [0.05, 0.1) is 13.7 Å². The average molecular weight is 431 g/mol. The lowest BCUT2D eigenvalue weighted by molar-refractivity contribution is -0.168. The highest BCUT2D eigenvalue weighted by Crippen LogP contribution is 2.05. The Morgan fingerprint density at radius 1 is 1.07 bits per heavy atom. The largest absolute Gasteiger partial charge is 0.444 e. The van der Waals surface area contributed by atoms with E-state index in [1.54, 1.807) is 6.92 Å². The van der Waals surface area contributed by atoms with Crippen LogP contribution in [0.4, 0.5) is 4.79 Å². The molecule has 0 aromatic rings. The van der Waals surface area contributed by atoms with Gasteiger partial charge in [-0.1, -0.05) is 6.08 Å². The number of nitrogens with one attached hydrogen (secondary N) is 1. The zero-order valence-electron chi connectivity index (χ0n) is 18.7. The first-order valence-electron chi connectivity index (χ1n) is 8.91. The summed E-state index contributed by atoms with van der Waals surface area (Å²) in [5.74, 6) is -0.663. The van der Waals surface area contributed by atoms with Crippen LogP contribution in [-0.4, -0.2) is 80.2 Å². The highest BCUT2D eigenvalue weighted by atomic mass is 16.7. The monoisotopic (exact) mass is 431 g/mol. The van der Waals surface area contributed by atoms with Gasteiger partial charge in [0.1, 0.15) is 18.2 Å². The SMILES string of the molecule is C/C=C\C(=O)N(C=O)CC=O.CNC(=O)OC(C)(C)C.CON(C)C(=O)CCC=O. The zero-order chi connectivity index (χ0) is 24.2. The number of rotatable bonds is 8. The fourth-order valence-electron chi connectivity index (χ4n) is 1.27. The molecule has 0 aliphatic rings. The molecule has 0 saturated heterocycles. The molecule has 0 aliphatic heterocycles. The molecule has 172 valence electrons. The maximum atomic E-state index is 10.8. The van der Waals surface area contributed by atoms with Gasteiger partial charge in [0.15, 0.2) is 0 Å². The Hall–Kier alpha value is -3.08. The minimum atomic E-state index is -0.477. The molecule has 0 rings (SSSR count). The van der Waals surface area contributed by atoms with E-state index in [-0.39, 0.29) is 37.0 Å². The number of imide groups is 1. The van der Waals surface area contributed by atoms with Gasteiger partial charge < -0.3 is 19.6 Å². The Morgan fingerprint density at radius 3 is 1.93 bits per heavy atom. The lowest BCUT2D eigenvalue weighted by Crippen LogP contribution is -2.30. The van der Waals surface area contributed by atoms with Crippen LogP contribution in [0.3, 0.4) is 0 Å². The first-order valence-corrected chi connectivity index (χ1v) is 8.91. The molecule has 11 nitrogen and oxygen atoms in total. The Morgan fingerprint density at radius 2 is 1.63 bits per heavy atom. The molecule has 0 spiro atoms. The Balaban J connectivity index is -0.000000366. The number of carbonyl (C=O) groups is 6. The fraction of sp³-hybridized carbons (Fsp3) is 0.579. The molecule has 11 heteroatoms. The highest BCUT2D eigenvalue weighted by Gasteiger charge is 2.14. The zero-order valence-corrected chi connectivity index (χ0v) is 18.7. The normalized spacial score (nSPS) is 9.70. The second kappa shape index (κ2) is 19.2. The van der Waals surface area contributed by atoms with Gasteiger partial charge in [-0.3, -0.25) is 24.1 Å². The minimum absolute atomic E-state index is 0.186. The second-order valence-corrected chi connectivity index (χ2v) is 6.29. The number of hydrogen-bond acceptors (Lipinski definition) is 8. The van der Waals surface area contributed by atoms with Crippen LogP contribution in [0.2, 0.25) is 0 Å². The topological polar surface area (TPSA) is 139 Å². The van der Waals surface area contributed by atoms with E-state index in [2.05, 4.69) is 10.2 Å². The predicted octanol–water partition coefficient (Wildman–Crippen LogP) is 0.873. The number of nitrogens with zero attached hydrogens (tertiary/aromatic N) is 2. The van der Waals surface area contributed by atoms with E-state index in [0.29, 0.717) is 19.0 Å². The molecule has 0 radical (unpaired) electrons. The van der Waals surface area contributed by atoms with Crippen molar-refractivity contribution in [1.82, 2.24) is 15.3 Å². The summed E-state index contributed by atoms with van der Waals surface area (Å²) in [4.78, 5) is 67.3. The fourth-order valence-corrected chi connectivity index (χ4v) is 1.27. The third-order valence-corrected chi connectivity index (χ3v) is 2.69. The van der Waals surface area contributed by atoms with Crippen molar-refractivity contribution in [2.24, 2.45) is 0 Å². The van der Waals surface area contributed by atoms with E-state index >= 15 is 0 Å². The van der Waals surface area contributed by atoms with Gasteiger partial charge in [-0.05, 0) is 33.8 Å². The smallest absolute Gasteiger partial charge is 0.407 e. The molecule has 30 heavy (non-hydrogen) atoms. The number of hydroxylamine groups is 2. The molecule has 0 heterocycles. The molecular weight excluding hydrogens is 398 g/mol. The van der Waals surface area contributed by atoms with Gasteiger partial charge in [0.2, 0.25) is 12.3 Å². The van der Waals surface area contributed by atoms with Crippen molar-refractivity contribution in [3.05, 3.63) is 12.2 Å². The summed E-state index contributed by atoms with van der Waals surface area (Å²) in [6.45, 7) is 6.93. The summed E-state index contributed by atoms with van der Waals surface area (Å²) in [5, 5.41) is 3.46. The Kier molecular flexibility index (Phi) is 20.3. The minimum Gasteiger partial charge on any atom is -0.444 e. The first-order chi connectivity index (χ1) is 13.9. The lowest BCUT2D eigenvalue weighted by Gasteiger charge is -2.18. The molecule has 1 N–H and O–H groups in total. The maximum Gasteiger partial charge on any atom is 0.407 e. The van der Waals surface area contributed by atoms with Crippen LogP contribution >= 0.6 is 0 Å². The van der Waals surface area contributed by atoms with Crippen LogP contribution < -0.4 is 5.32 Å². The van der Waals surface area contributed by atoms with E-state index in [4.69, 9.17) is 4.74 Å². The molecular formula is C19H33N3O8. The summed E-state index contributed by atoms with van der Waals surface area (Å²) in [6, 6.07) is 0. The van der Waals surface area contributed by atoms with Gasteiger partial charge >= 0.3 is 6.09 Å². The van der Waals surface area contributed by atoms with Gasteiger partial charge in [-0.15, -0.1) is 0 Å². The molecule has 0 aliphatic carbocycles. The standard InChI is InChI=1S/C7H9NO3.C6H11NO3.C6H13NO2/c1-2-3-7(11)8(6-10)4-5-9;1-7(10-2)6(9)4-3-5-8;1-6(2,3)9-5(8)7-4/h2-3,5-6H,4H2,1H3;5H,3-4H2,1-2H3;1-4H3,(H,7,8)/b3-2-;;. The molecule has 0 aromatic carbocycles. The molecule has 0 unspecified atom stereocenters. The summed E-state index contributed by atoms with van der Waals surface area (Å²) in [6.07, 6.45) is 4.35. The third-order valence-electron chi connectivity index (χ3n) is 2.69. The number of amides is 4. The van der Waals surface area contributed by atoms with Crippen LogP contribution in [0.1, 0.15) is 40.5 Å². The average Bonchev–Trinajstić information content (AvgIpc) is 2.69. The van der Waals surface area contributed by atoms with Crippen molar-refractivity contribution in [3.63, 3.8) is 0 Å². The van der Waals surface area contributed by atoms with E-state index in [9.17, 15) is 28.8 Å². The number of hydrogen-bond donors (Lipinski definition) is 1. The summed E-state index contributed by atoms with van der Waals surface area (Å²) >= 11 is 0. The number of ether oxygens (including phenoxy) is 1. The van der Waals surface area contributed by atoms with E-state index < -0.39 is 5.91 Å². The van der Waals surface area contributed by atoms with Crippen LogP contribution in [0.15, 0.2) is 12.2 Å². The Bertz CT molecular complexity index is 571. The van der Waals surface area contributed by atoms with E-state index in [1.165, 1.54) is 33.4 Å². The van der Waals surface area contributed by atoms with Gasteiger partial charge in [-0.25, -0.2) is 9.86 Å². The van der Waals surface area contributed by atoms with Crippen molar-refractivity contribution in [1.29, 1.82) is 0 Å². The molecule has 0 fully saturated rings. The molecule has 0 aromatic heterocycles. The van der Waals surface area contributed by atoms with Crippen LogP contribution in [0.25, 0.3) is 0 Å². The maximum absolute atomic E-state index is 10.8. The Labute approximate surface area is 177 Å². The molecule has 0 bridgehead atoms. The number of aldehydes is 2. The quantitative estimate of drug-likeness (QED) is 0.339. The van der Waals surface area contributed by atoms with Gasteiger partial charge in [0.25, 0.3) is 5.91 Å². The lowest BCUT2D eigenvalue weighted by atomic mass is 10.2. The molecule has 0 saturated carbocycles. The van der Waals surface area contributed by atoms with Crippen LogP contribution in [-0.2, 0) is 33.5 Å². The summed E-state index contributed by atoms with van der Waals surface area (Å²) in [5.41, 5.74) is -0.389. The van der Waals surface area contributed by atoms with E-state index in [0.717, 1.165) is 9.96 Å².